The first-order valence-electron chi connectivity index (χ1n) is 10.8. The second-order valence-corrected chi connectivity index (χ2v) is 9.67. The van der Waals surface area contributed by atoms with E-state index in [1.807, 2.05) is 24.3 Å². The van der Waals surface area contributed by atoms with Gasteiger partial charge in [0.25, 0.3) is 5.91 Å². The number of nitrogens with one attached hydrogen (secondary N) is 2. The van der Waals surface area contributed by atoms with Gasteiger partial charge in [-0.15, -0.1) is 11.3 Å². The summed E-state index contributed by atoms with van der Waals surface area (Å²) in [7, 11) is 1.60. The zero-order chi connectivity index (χ0) is 22.9. The maximum atomic E-state index is 12.4. The van der Waals surface area contributed by atoms with Gasteiger partial charge >= 0.3 is 0 Å². The van der Waals surface area contributed by atoms with Gasteiger partial charge < -0.3 is 25.7 Å². The molecule has 1 aliphatic heterocycles. The number of nitrogens with zero attached hydrogens (tertiary/aromatic N) is 3. The summed E-state index contributed by atoms with van der Waals surface area (Å²) in [6.07, 6.45) is 1.78. The number of piperidine rings is 1. The van der Waals surface area contributed by atoms with E-state index in [-0.39, 0.29) is 12.5 Å². The van der Waals surface area contributed by atoms with E-state index >= 15 is 0 Å². The fraction of sp³-hybridized carbons (Fsp3) is 0.435. The number of aliphatic hydroxyl groups excluding tert-OH is 1. The quantitative estimate of drug-likeness (QED) is 0.452. The van der Waals surface area contributed by atoms with Gasteiger partial charge in [-0.1, -0.05) is 12.1 Å². The number of rotatable bonds is 6. The molecule has 32 heavy (non-hydrogen) atoms. The van der Waals surface area contributed by atoms with Crippen molar-refractivity contribution in [3.05, 3.63) is 40.8 Å². The van der Waals surface area contributed by atoms with E-state index in [4.69, 9.17) is 9.97 Å². The highest BCUT2D eigenvalue weighted by Gasteiger charge is 2.25. The fourth-order valence-corrected chi connectivity index (χ4v) is 4.86. The number of amides is 1. The molecule has 0 bridgehead atoms. The van der Waals surface area contributed by atoms with Crippen molar-refractivity contribution in [3.63, 3.8) is 0 Å². The van der Waals surface area contributed by atoms with Crippen LogP contribution >= 0.6 is 11.3 Å². The van der Waals surface area contributed by atoms with Crippen LogP contribution in [0.15, 0.2) is 30.3 Å². The molecule has 3 aromatic rings. The summed E-state index contributed by atoms with van der Waals surface area (Å²) in [5.41, 5.74) is 0.921. The van der Waals surface area contributed by atoms with Crippen LogP contribution in [0.1, 0.15) is 41.9 Å². The maximum absolute atomic E-state index is 12.4. The molecule has 1 saturated heterocycles. The standard InChI is InChI=1S/C23H29N5O3S/c1-23(2,31)18-12-17-19(32-18)20(25-16-7-5-4-6-15(16)21(30)24-3)27-22(26-17)28-10-8-14(13-29)9-11-28/h4-7,12,14,29,31H,8-11,13H2,1-3H3,(H,24,30)(H,25,26,27). The molecule has 3 heterocycles. The van der Waals surface area contributed by atoms with Gasteiger partial charge in [-0.25, -0.2) is 4.98 Å². The summed E-state index contributed by atoms with van der Waals surface area (Å²) >= 11 is 1.44. The van der Waals surface area contributed by atoms with Crippen molar-refractivity contribution in [1.29, 1.82) is 0 Å². The molecule has 4 N–H and O–H groups in total. The molecular weight excluding hydrogens is 426 g/mol. The van der Waals surface area contributed by atoms with Crippen molar-refractivity contribution in [1.82, 2.24) is 15.3 Å². The van der Waals surface area contributed by atoms with E-state index < -0.39 is 5.60 Å². The first kappa shape index (κ1) is 22.4. The molecule has 0 atom stereocenters. The number of benzene rings is 1. The predicted octanol–water partition coefficient (Wildman–Crippen LogP) is 3.23. The van der Waals surface area contributed by atoms with Gasteiger partial charge in [-0.3, -0.25) is 4.79 Å². The van der Waals surface area contributed by atoms with Crippen LogP contribution in [-0.2, 0) is 5.60 Å². The van der Waals surface area contributed by atoms with E-state index in [1.165, 1.54) is 11.3 Å². The summed E-state index contributed by atoms with van der Waals surface area (Å²) in [6, 6.07) is 9.19. The average Bonchev–Trinajstić information content (AvgIpc) is 3.24. The molecule has 0 saturated carbocycles. The second kappa shape index (κ2) is 9.01. The van der Waals surface area contributed by atoms with Crippen LogP contribution in [0.3, 0.4) is 0 Å². The van der Waals surface area contributed by atoms with Crippen LogP contribution in [0, 0.1) is 5.92 Å². The van der Waals surface area contributed by atoms with Gasteiger partial charge in [0, 0.05) is 31.6 Å². The molecule has 0 aliphatic carbocycles. The molecule has 2 aromatic heterocycles. The van der Waals surface area contributed by atoms with Gasteiger partial charge in [0.15, 0.2) is 5.82 Å². The molecule has 1 fully saturated rings. The van der Waals surface area contributed by atoms with Gasteiger partial charge in [0.2, 0.25) is 5.95 Å². The minimum absolute atomic E-state index is 0.187. The molecule has 0 unspecified atom stereocenters. The topological polar surface area (TPSA) is 111 Å². The van der Waals surface area contributed by atoms with E-state index in [9.17, 15) is 15.0 Å². The van der Waals surface area contributed by atoms with Crippen molar-refractivity contribution >= 4 is 44.9 Å². The van der Waals surface area contributed by atoms with Crippen molar-refractivity contribution in [2.75, 3.05) is 37.0 Å². The van der Waals surface area contributed by atoms with Crippen LogP contribution < -0.4 is 15.5 Å². The lowest BCUT2D eigenvalue weighted by molar-refractivity contribution is 0.0826. The Kier molecular flexibility index (Phi) is 6.32. The lowest BCUT2D eigenvalue weighted by atomic mass is 9.98. The fourth-order valence-electron chi connectivity index (χ4n) is 3.81. The number of hydrogen-bond donors (Lipinski definition) is 4. The Balaban J connectivity index is 1.78. The Bertz CT molecular complexity index is 1120. The molecule has 9 heteroatoms. The Hall–Kier alpha value is -2.75. The third-order valence-corrected chi connectivity index (χ3v) is 7.21. The number of thiophene rings is 1. The highest BCUT2D eigenvalue weighted by atomic mass is 32.1. The molecular formula is C23H29N5O3S. The normalized spacial score (nSPS) is 15.2. The number of aromatic nitrogens is 2. The largest absolute Gasteiger partial charge is 0.396 e. The average molecular weight is 456 g/mol. The molecule has 1 aromatic carbocycles. The van der Waals surface area contributed by atoms with Crippen LogP contribution in [0.5, 0.6) is 0 Å². The number of carbonyl (C=O) groups is 1. The van der Waals surface area contributed by atoms with Crippen molar-refractivity contribution in [2.24, 2.45) is 5.92 Å². The van der Waals surface area contributed by atoms with Crippen LogP contribution in [-0.4, -0.2) is 52.8 Å². The number of anilines is 3. The zero-order valence-electron chi connectivity index (χ0n) is 18.6. The third-order valence-electron chi connectivity index (χ3n) is 5.77. The van der Waals surface area contributed by atoms with Crippen LogP contribution in [0.4, 0.5) is 17.5 Å². The minimum Gasteiger partial charge on any atom is -0.396 e. The summed E-state index contributed by atoms with van der Waals surface area (Å²) < 4.78 is 0.822. The molecule has 1 amide bonds. The van der Waals surface area contributed by atoms with Gasteiger partial charge in [0.05, 0.1) is 27.1 Å². The van der Waals surface area contributed by atoms with Gasteiger partial charge in [0.1, 0.15) is 0 Å². The first-order chi connectivity index (χ1) is 15.3. The summed E-state index contributed by atoms with van der Waals surface area (Å²) in [5, 5.41) is 26.0. The van der Waals surface area contributed by atoms with Crippen molar-refractivity contribution in [2.45, 2.75) is 32.3 Å². The Morgan fingerprint density at radius 3 is 2.62 bits per heavy atom. The smallest absolute Gasteiger partial charge is 0.253 e. The molecule has 1 aliphatic rings. The Labute approximate surface area is 191 Å². The highest BCUT2D eigenvalue weighted by Crippen LogP contribution is 2.38. The maximum Gasteiger partial charge on any atom is 0.253 e. The van der Waals surface area contributed by atoms with E-state index in [0.717, 1.165) is 41.0 Å². The zero-order valence-corrected chi connectivity index (χ0v) is 19.4. The van der Waals surface area contributed by atoms with Crippen LogP contribution in [0.25, 0.3) is 10.2 Å². The Morgan fingerprint density at radius 2 is 1.97 bits per heavy atom. The van der Waals surface area contributed by atoms with Crippen molar-refractivity contribution in [3.8, 4) is 0 Å². The SMILES string of the molecule is CNC(=O)c1ccccc1Nc1nc(N2CCC(CO)CC2)nc2cc(C(C)(C)O)sc12. The number of hydrogen-bond acceptors (Lipinski definition) is 8. The predicted molar refractivity (Wildman–Crippen MR) is 128 cm³/mol. The molecule has 0 radical (unpaired) electrons. The molecule has 0 spiro atoms. The van der Waals surface area contributed by atoms with E-state index in [0.29, 0.717) is 28.9 Å². The van der Waals surface area contributed by atoms with Crippen LogP contribution in [0.2, 0.25) is 0 Å². The summed E-state index contributed by atoms with van der Waals surface area (Å²) in [6.45, 7) is 5.25. The van der Waals surface area contributed by atoms with E-state index in [2.05, 4.69) is 15.5 Å². The van der Waals surface area contributed by atoms with Gasteiger partial charge in [-0.05, 0) is 50.8 Å². The summed E-state index contributed by atoms with van der Waals surface area (Å²) in [4.78, 5) is 24.9. The number of aliphatic hydroxyl groups is 2. The highest BCUT2D eigenvalue weighted by molar-refractivity contribution is 7.19. The second-order valence-electron chi connectivity index (χ2n) is 8.62. The number of fused-ring (bicyclic) bond motifs is 1. The third kappa shape index (κ3) is 4.55. The number of carbonyl (C=O) groups excluding carboxylic acids is 1. The molecule has 8 nitrogen and oxygen atoms in total. The summed E-state index contributed by atoms with van der Waals surface area (Å²) in [5.74, 6) is 1.34. The van der Waals surface area contributed by atoms with E-state index in [1.54, 1.807) is 27.0 Å². The molecule has 4 rings (SSSR count). The Morgan fingerprint density at radius 1 is 1.25 bits per heavy atom. The first-order valence-corrected chi connectivity index (χ1v) is 11.6. The minimum atomic E-state index is -0.998. The lowest BCUT2D eigenvalue weighted by Crippen LogP contribution is -2.35. The van der Waals surface area contributed by atoms with Crippen molar-refractivity contribution < 1.29 is 15.0 Å². The monoisotopic (exact) mass is 455 g/mol. The molecule has 170 valence electrons. The van der Waals surface area contributed by atoms with Gasteiger partial charge in [-0.2, -0.15) is 4.98 Å². The lowest BCUT2D eigenvalue weighted by Gasteiger charge is -2.31. The number of para-hydroxylation sites is 1.